The molecule has 0 aliphatic carbocycles. The molecule has 3 rings (SSSR count). The van der Waals surface area contributed by atoms with Crippen molar-refractivity contribution >= 4 is 23.2 Å². The molecule has 0 unspecified atom stereocenters. The monoisotopic (exact) mass is 328 g/mol. The first-order chi connectivity index (χ1) is 11.2. The highest BCUT2D eigenvalue weighted by Crippen LogP contribution is 2.23. The fourth-order valence-corrected chi connectivity index (χ4v) is 2.07. The van der Waals surface area contributed by atoms with Gasteiger partial charge in [-0.25, -0.2) is 4.68 Å². The number of anilines is 1. The Labute approximate surface area is 137 Å². The molecule has 1 N–H and O–H groups in total. The summed E-state index contributed by atoms with van der Waals surface area (Å²) >= 11 is 6.01. The largest absolute Gasteiger partial charge is 0.470 e. The van der Waals surface area contributed by atoms with E-state index >= 15 is 0 Å². The van der Waals surface area contributed by atoms with Gasteiger partial charge in [0.1, 0.15) is 5.75 Å². The van der Waals surface area contributed by atoms with Gasteiger partial charge < -0.3 is 10.1 Å². The minimum absolute atomic E-state index is 0.159. The van der Waals surface area contributed by atoms with Crippen LogP contribution < -0.4 is 10.1 Å². The Balaban J connectivity index is 1.62. The number of nitrogens with one attached hydrogen (secondary N) is 1. The second-order valence-electron chi connectivity index (χ2n) is 4.63. The maximum atomic E-state index is 12.1. The molecule has 6 nitrogen and oxygen atoms in total. The molecular formula is C16H13ClN4O2. The summed E-state index contributed by atoms with van der Waals surface area (Å²) in [6, 6.07) is 12.2. The van der Waals surface area contributed by atoms with Crippen molar-refractivity contribution in [3.05, 3.63) is 71.8 Å². The Morgan fingerprint density at radius 2 is 1.96 bits per heavy atom. The molecule has 0 bridgehead atoms. The van der Waals surface area contributed by atoms with E-state index in [9.17, 15) is 4.79 Å². The number of nitrogens with zero attached hydrogens (tertiary/aromatic N) is 3. The normalized spacial score (nSPS) is 10.3. The molecule has 3 aromatic rings. The molecule has 0 spiro atoms. The van der Waals surface area contributed by atoms with Crippen molar-refractivity contribution in [3.8, 4) is 5.75 Å². The van der Waals surface area contributed by atoms with Gasteiger partial charge in [0.05, 0.1) is 5.02 Å². The zero-order valence-electron chi connectivity index (χ0n) is 12.0. The van der Waals surface area contributed by atoms with Gasteiger partial charge in [-0.15, -0.1) is 0 Å². The molecule has 0 saturated heterocycles. The van der Waals surface area contributed by atoms with E-state index in [0.717, 1.165) is 0 Å². The van der Waals surface area contributed by atoms with Crippen LogP contribution in [-0.4, -0.2) is 20.7 Å². The molecule has 0 atom stereocenters. The predicted octanol–water partition coefficient (Wildman–Crippen LogP) is 3.22. The summed E-state index contributed by atoms with van der Waals surface area (Å²) < 4.78 is 7.08. The number of carbonyl (C=O) groups is 1. The molecule has 0 aliphatic heterocycles. The standard InChI is InChI=1S/C16H13ClN4O2/c17-13-3-1-2-4-15(13)23-11-21-10-7-14(20-21)16(22)19-12-5-8-18-9-6-12/h1-10H,11H2,(H,18,19,22). The van der Waals surface area contributed by atoms with E-state index in [4.69, 9.17) is 16.3 Å². The summed E-state index contributed by atoms with van der Waals surface area (Å²) in [6.45, 7) is 0.159. The van der Waals surface area contributed by atoms with Crippen LogP contribution >= 0.6 is 11.6 Å². The third-order valence-corrected chi connectivity index (χ3v) is 3.31. The summed E-state index contributed by atoms with van der Waals surface area (Å²) in [4.78, 5) is 16.0. The van der Waals surface area contributed by atoms with Crippen LogP contribution in [0.4, 0.5) is 5.69 Å². The fraction of sp³-hybridized carbons (Fsp3) is 0.0625. The number of pyridine rings is 1. The molecule has 0 aliphatic rings. The van der Waals surface area contributed by atoms with Crippen LogP contribution in [0.25, 0.3) is 0 Å². The zero-order valence-corrected chi connectivity index (χ0v) is 12.8. The minimum Gasteiger partial charge on any atom is -0.470 e. The lowest BCUT2D eigenvalue weighted by Gasteiger charge is -2.07. The Kier molecular flexibility index (Phi) is 4.54. The number of rotatable bonds is 5. The number of hydrogen-bond acceptors (Lipinski definition) is 4. The van der Waals surface area contributed by atoms with Crippen molar-refractivity contribution in [2.45, 2.75) is 6.73 Å². The SMILES string of the molecule is O=C(Nc1ccncc1)c1ccn(COc2ccccc2Cl)n1. The summed E-state index contributed by atoms with van der Waals surface area (Å²) in [6.07, 6.45) is 4.87. The number of hydrogen-bond donors (Lipinski definition) is 1. The quantitative estimate of drug-likeness (QED) is 0.780. The lowest BCUT2D eigenvalue weighted by atomic mass is 10.3. The van der Waals surface area contributed by atoms with Gasteiger partial charge in [-0.1, -0.05) is 23.7 Å². The molecule has 116 valence electrons. The second-order valence-corrected chi connectivity index (χ2v) is 5.04. The van der Waals surface area contributed by atoms with Gasteiger partial charge in [0.15, 0.2) is 12.4 Å². The fourth-order valence-electron chi connectivity index (χ4n) is 1.88. The molecular weight excluding hydrogens is 316 g/mol. The predicted molar refractivity (Wildman–Crippen MR) is 86.5 cm³/mol. The van der Waals surface area contributed by atoms with E-state index in [1.54, 1.807) is 48.9 Å². The molecule has 0 fully saturated rings. The molecule has 0 saturated carbocycles. The maximum Gasteiger partial charge on any atom is 0.276 e. The number of benzene rings is 1. The van der Waals surface area contributed by atoms with Crippen molar-refractivity contribution in [2.24, 2.45) is 0 Å². The highest BCUT2D eigenvalue weighted by molar-refractivity contribution is 6.32. The van der Waals surface area contributed by atoms with Gasteiger partial charge >= 0.3 is 0 Å². The van der Waals surface area contributed by atoms with Crippen molar-refractivity contribution in [3.63, 3.8) is 0 Å². The zero-order chi connectivity index (χ0) is 16.1. The van der Waals surface area contributed by atoms with Crippen LogP contribution in [0, 0.1) is 0 Å². The Hall–Kier alpha value is -2.86. The first-order valence-corrected chi connectivity index (χ1v) is 7.22. The highest BCUT2D eigenvalue weighted by Gasteiger charge is 2.10. The molecule has 2 heterocycles. The Bertz CT molecular complexity index is 805. The minimum atomic E-state index is -0.298. The first-order valence-electron chi connectivity index (χ1n) is 6.84. The second kappa shape index (κ2) is 6.93. The Morgan fingerprint density at radius 3 is 2.74 bits per heavy atom. The van der Waals surface area contributed by atoms with Crippen LogP contribution in [0.3, 0.4) is 0 Å². The average molecular weight is 329 g/mol. The highest BCUT2D eigenvalue weighted by atomic mass is 35.5. The van der Waals surface area contributed by atoms with Crippen molar-refractivity contribution in [1.29, 1.82) is 0 Å². The van der Waals surface area contributed by atoms with Crippen LogP contribution in [0.1, 0.15) is 10.5 Å². The summed E-state index contributed by atoms with van der Waals surface area (Å²) in [5, 5.41) is 7.43. The number of halogens is 1. The van der Waals surface area contributed by atoms with E-state index in [2.05, 4.69) is 15.4 Å². The third-order valence-electron chi connectivity index (χ3n) is 3.00. The van der Waals surface area contributed by atoms with Crippen LogP contribution in [0.15, 0.2) is 61.1 Å². The van der Waals surface area contributed by atoms with Crippen LogP contribution in [-0.2, 0) is 6.73 Å². The van der Waals surface area contributed by atoms with E-state index in [-0.39, 0.29) is 12.6 Å². The van der Waals surface area contributed by atoms with Gasteiger partial charge in [-0.2, -0.15) is 5.10 Å². The maximum absolute atomic E-state index is 12.1. The number of ether oxygens (including phenoxy) is 1. The number of carbonyl (C=O) groups excluding carboxylic acids is 1. The van der Waals surface area contributed by atoms with Gasteiger partial charge in [-0.05, 0) is 30.3 Å². The lowest BCUT2D eigenvalue weighted by Crippen LogP contribution is -2.14. The summed E-state index contributed by atoms with van der Waals surface area (Å²) in [7, 11) is 0. The van der Waals surface area contributed by atoms with E-state index in [0.29, 0.717) is 22.2 Å². The van der Waals surface area contributed by atoms with E-state index < -0.39 is 0 Å². The van der Waals surface area contributed by atoms with Gasteiger partial charge in [0, 0.05) is 24.3 Å². The molecule has 7 heteroatoms. The molecule has 1 aromatic carbocycles. The van der Waals surface area contributed by atoms with Crippen molar-refractivity contribution in [2.75, 3.05) is 5.32 Å². The van der Waals surface area contributed by atoms with Gasteiger partial charge in [0.2, 0.25) is 0 Å². The smallest absolute Gasteiger partial charge is 0.276 e. The third kappa shape index (κ3) is 3.87. The van der Waals surface area contributed by atoms with Gasteiger partial charge in [0.25, 0.3) is 5.91 Å². The van der Waals surface area contributed by atoms with E-state index in [1.165, 1.54) is 4.68 Å². The van der Waals surface area contributed by atoms with Gasteiger partial charge in [-0.3, -0.25) is 9.78 Å². The Morgan fingerprint density at radius 1 is 1.17 bits per heavy atom. The molecule has 23 heavy (non-hydrogen) atoms. The number of para-hydroxylation sites is 1. The lowest BCUT2D eigenvalue weighted by molar-refractivity contribution is 0.102. The average Bonchev–Trinajstić information content (AvgIpc) is 3.04. The molecule has 2 aromatic heterocycles. The molecule has 0 radical (unpaired) electrons. The number of amides is 1. The van der Waals surface area contributed by atoms with E-state index in [1.807, 2.05) is 12.1 Å². The van der Waals surface area contributed by atoms with Crippen LogP contribution in [0.2, 0.25) is 5.02 Å². The molecule has 1 amide bonds. The summed E-state index contributed by atoms with van der Waals surface area (Å²) in [5.74, 6) is 0.264. The van der Waals surface area contributed by atoms with Crippen molar-refractivity contribution < 1.29 is 9.53 Å². The topological polar surface area (TPSA) is 69.0 Å². The van der Waals surface area contributed by atoms with Crippen molar-refractivity contribution in [1.82, 2.24) is 14.8 Å². The van der Waals surface area contributed by atoms with Crippen LogP contribution in [0.5, 0.6) is 5.75 Å². The first kappa shape index (κ1) is 15.1. The number of aromatic nitrogens is 3. The summed E-state index contributed by atoms with van der Waals surface area (Å²) in [5.41, 5.74) is 0.955.